The van der Waals surface area contributed by atoms with Gasteiger partial charge in [-0.05, 0) is 24.9 Å². The second-order valence-electron chi connectivity index (χ2n) is 2.16. The molecule has 0 radical (unpaired) electrons. The lowest BCUT2D eigenvalue weighted by Gasteiger charge is -2.06. The number of thioether (sulfide) groups is 1. The van der Waals surface area contributed by atoms with Crippen LogP contribution in [0.25, 0.3) is 0 Å². The fraction of sp³-hybridized carbons (Fsp3) is 1.00. The average molecular weight is 162 g/mol. The lowest BCUT2D eigenvalue weighted by atomic mass is 10.3. The van der Waals surface area contributed by atoms with Crippen molar-refractivity contribution in [3.05, 3.63) is 4.91 Å². The van der Waals surface area contributed by atoms with Crippen molar-refractivity contribution in [3.8, 4) is 0 Å². The van der Waals surface area contributed by atoms with E-state index in [9.17, 15) is 4.91 Å². The summed E-state index contributed by atoms with van der Waals surface area (Å²) in [6, 6.07) is 0. The summed E-state index contributed by atoms with van der Waals surface area (Å²) in [4.78, 5) is 9.84. The Kier molecular flexibility index (Phi) is 6.69. The van der Waals surface area contributed by atoms with Crippen LogP contribution in [0.15, 0.2) is 5.29 Å². The Morgan fingerprint density at radius 2 is 2.20 bits per heavy atom. The summed E-state index contributed by atoms with van der Waals surface area (Å²) in [6.07, 6.45) is 4.31. The first-order valence-electron chi connectivity index (χ1n) is 3.34. The summed E-state index contributed by atoms with van der Waals surface area (Å²) in [6.45, 7) is 0.782. The van der Waals surface area contributed by atoms with Gasteiger partial charge in [-0.2, -0.15) is 11.8 Å². The molecule has 4 heteroatoms. The van der Waals surface area contributed by atoms with Gasteiger partial charge in [-0.25, -0.2) is 0 Å². The molecule has 0 amide bonds. The second-order valence-corrected chi connectivity index (χ2v) is 3.15. The van der Waals surface area contributed by atoms with E-state index >= 15 is 0 Å². The van der Waals surface area contributed by atoms with Crippen LogP contribution in [0.5, 0.6) is 0 Å². The first-order chi connectivity index (χ1) is 4.81. The van der Waals surface area contributed by atoms with E-state index in [-0.39, 0.29) is 0 Å². The highest BCUT2D eigenvalue weighted by atomic mass is 32.2. The van der Waals surface area contributed by atoms with E-state index in [0.717, 1.165) is 13.0 Å². The SMILES string of the molecule is CSCCCCN(C)N=O. The van der Waals surface area contributed by atoms with E-state index in [4.69, 9.17) is 0 Å². The molecule has 0 saturated carbocycles. The van der Waals surface area contributed by atoms with Crippen LogP contribution >= 0.6 is 11.8 Å². The molecule has 0 fully saturated rings. The minimum absolute atomic E-state index is 0.782. The molecule has 0 heterocycles. The molecular weight excluding hydrogens is 148 g/mol. The molecule has 0 aliphatic carbocycles. The van der Waals surface area contributed by atoms with Crippen LogP contribution in [0.3, 0.4) is 0 Å². The minimum Gasteiger partial charge on any atom is -0.264 e. The summed E-state index contributed by atoms with van der Waals surface area (Å²) in [5.41, 5.74) is 0. The smallest absolute Gasteiger partial charge is 0.0521 e. The van der Waals surface area contributed by atoms with Crippen LogP contribution in [-0.4, -0.2) is 30.6 Å². The quantitative estimate of drug-likeness (QED) is 0.339. The van der Waals surface area contributed by atoms with Crippen molar-refractivity contribution in [3.63, 3.8) is 0 Å². The number of nitrogens with zero attached hydrogens (tertiary/aromatic N) is 2. The normalized spacial score (nSPS) is 9.40. The molecule has 3 nitrogen and oxygen atoms in total. The van der Waals surface area contributed by atoms with Crippen molar-refractivity contribution in [1.29, 1.82) is 0 Å². The van der Waals surface area contributed by atoms with Crippen LogP contribution in [0.2, 0.25) is 0 Å². The Labute approximate surface area is 66.1 Å². The molecule has 0 aromatic heterocycles. The lowest BCUT2D eigenvalue weighted by Crippen LogP contribution is -2.11. The first kappa shape index (κ1) is 9.75. The number of hydrogen-bond donors (Lipinski definition) is 0. The summed E-state index contributed by atoms with van der Waals surface area (Å²) >= 11 is 1.83. The third-order valence-electron chi connectivity index (χ3n) is 1.22. The molecule has 10 heavy (non-hydrogen) atoms. The fourth-order valence-electron chi connectivity index (χ4n) is 0.628. The highest BCUT2D eigenvalue weighted by molar-refractivity contribution is 7.98. The van der Waals surface area contributed by atoms with Gasteiger partial charge in [0.2, 0.25) is 0 Å². The largest absolute Gasteiger partial charge is 0.264 e. The molecule has 0 saturated heterocycles. The molecule has 0 aliphatic rings. The predicted octanol–water partition coefficient (Wildman–Crippen LogP) is 1.74. The van der Waals surface area contributed by atoms with Crippen molar-refractivity contribution in [2.45, 2.75) is 12.8 Å². The minimum atomic E-state index is 0.782. The Morgan fingerprint density at radius 1 is 1.50 bits per heavy atom. The average Bonchev–Trinajstić information content (AvgIpc) is 1.98. The van der Waals surface area contributed by atoms with Crippen molar-refractivity contribution in [2.75, 3.05) is 25.6 Å². The third kappa shape index (κ3) is 5.88. The Hall–Kier alpha value is -0.250. The molecule has 0 aromatic rings. The zero-order chi connectivity index (χ0) is 7.82. The zero-order valence-corrected chi connectivity index (χ0v) is 7.36. The first-order valence-corrected chi connectivity index (χ1v) is 4.74. The summed E-state index contributed by atoms with van der Waals surface area (Å²) in [7, 11) is 1.70. The van der Waals surface area contributed by atoms with Crippen LogP contribution in [-0.2, 0) is 0 Å². The van der Waals surface area contributed by atoms with E-state index in [1.165, 1.54) is 17.2 Å². The highest BCUT2D eigenvalue weighted by Gasteiger charge is 1.92. The molecule has 60 valence electrons. The van der Waals surface area contributed by atoms with Crippen LogP contribution < -0.4 is 0 Å². The maximum absolute atomic E-state index is 9.84. The molecule has 0 bridgehead atoms. The van der Waals surface area contributed by atoms with E-state index in [0.29, 0.717) is 0 Å². The van der Waals surface area contributed by atoms with Gasteiger partial charge in [-0.15, -0.1) is 4.91 Å². The van der Waals surface area contributed by atoms with E-state index in [1.807, 2.05) is 11.8 Å². The monoisotopic (exact) mass is 162 g/mol. The van der Waals surface area contributed by atoms with Gasteiger partial charge in [0, 0.05) is 13.6 Å². The standard InChI is InChI=1S/C6H14N2OS/c1-8(7-9)5-3-4-6-10-2/h3-6H2,1-2H3. The van der Waals surface area contributed by atoms with Gasteiger partial charge in [0.15, 0.2) is 0 Å². The molecule has 0 unspecified atom stereocenters. The van der Waals surface area contributed by atoms with Gasteiger partial charge < -0.3 is 0 Å². The van der Waals surface area contributed by atoms with Gasteiger partial charge in [0.25, 0.3) is 0 Å². The number of nitroso groups, excluding NO2 is 1. The third-order valence-corrected chi connectivity index (χ3v) is 1.92. The number of rotatable bonds is 6. The summed E-state index contributed by atoms with van der Waals surface area (Å²) < 4.78 is 0. The highest BCUT2D eigenvalue weighted by Crippen LogP contribution is 1.99. The molecule has 0 aromatic carbocycles. The maximum Gasteiger partial charge on any atom is 0.0521 e. The number of hydrogen-bond acceptors (Lipinski definition) is 3. The van der Waals surface area contributed by atoms with E-state index in [2.05, 4.69) is 11.5 Å². The molecular formula is C6H14N2OS. The van der Waals surface area contributed by atoms with Gasteiger partial charge in [-0.3, -0.25) is 5.01 Å². The zero-order valence-electron chi connectivity index (χ0n) is 6.54. The molecule has 0 spiro atoms. The Morgan fingerprint density at radius 3 is 2.70 bits per heavy atom. The predicted molar refractivity (Wildman–Crippen MR) is 46.0 cm³/mol. The Balaban J connectivity index is 2.95. The van der Waals surface area contributed by atoms with Crippen LogP contribution in [0.4, 0.5) is 0 Å². The fourth-order valence-corrected chi connectivity index (χ4v) is 1.12. The molecule has 0 atom stereocenters. The number of unbranched alkanes of at least 4 members (excludes halogenated alkanes) is 1. The van der Waals surface area contributed by atoms with E-state index < -0.39 is 0 Å². The molecule has 0 aliphatic heterocycles. The van der Waals surface area contributed by atoms with E-state index in [1.54, 1.807) is 7.05 Å². The van der Waals surface area contributed by atoms with Crippen molar-refractivity contribution >= 4 is 11.8 Å². The second kappa shape index (κ2) is 6.86. The molecule has 0 rings (SSSR count). The maximum atomic E-state index is 9.84. The summed E-state index contributed by atoms with van der Waals surface area (Å²) in [5.74, 6) is 1.17. The van der Waals surface area contributed by atoms with Crippen molar-refractivity contribution < 1.29 is 0 Å². The van der Waals surface area contributed by atoms with Crippen molar-refractivity contribution in [1.82, 2.24) is 5.01 Å². The van der Waals surface area contributed by atoms with Crippen LogP contribution in [0, 0.1) is 4.91 Å². The lowest BCUT2D eigenvalue weighted by molar-refractivity contribution is 0.342. The van der Waals surface area contributed by atoms with Gasteiger partial charge in [0.1, 0.15) is 0 Å². The van der Waals surface area contributed by atoms with Crippen LogP contribution in [0.1, 0.15) is 12.8 Å². The topological polar surface area (TPSA) is 32.7 Å². The van der Waals surface area contributed by atoms with Gasteiger partial charge in [0.05, 0.1) is 5.29 Å². The Bertz CT molecular complexity index is 89.8. The summed E-state index contributed by atoms with van der Waals surface area (Å²) in [5, 5.41) is 4.19. The van der Waals surface area contributed by atoms with Crippen molar-refractivity contribution in [2.24, 2.45) is 5.29 Å². The van der Waals surface area contributed by atoms with Gasteiger partial charge >= 0.3 is 0 Å². The molecule has 0 N–H and O–H groups in total. The van der Waals surface area contributed by atoms with Gasteiger partial charge in [-0.1, -0.05) is 0 Å².